The van der Waals surface area contributed by atoms with Gasteiger partial charge >= 0.3 is 0 Å². The zero-order valence-electron chi connectivity index (χ0n) is 17.3. The van der Waals surface area contributed by atoms with Crippen LogP contribution in [-0.2, 0) is 9.59 Å². The van der Waals surface area contributed by atoms with E-state index in [0.717, 1.165) is 24.3 Å². The minimum atomic E-state index is -0.0848. The van der Waals surface area contributed by atoms with Crippen LogP contribution in [0.5, 0.6) is 0 Å². The molecule has 2 amide bonds. The summed E-state index contributed by atoms with van der Waals surface area (Å²) >= 11 is 6.16. The van der Waals surface area contributed by atoms with Crippen LogP contribution in [0.1, 0.15) is 24.0 Å². The number of nitrogens with zero attached hydrogens (tertiary/aromatic N) is 4. The highest BCUT2D eigenvalue weighted by atomic mass is 35.5. The number of piperazine rings is 1. The van der Waals surface area contributed by atoms with Crippen LogP contribution in [0.3, 0.4) is 0 Å². The van der Waals surface area contributed by atoms with Crippen molar-refractivity contribution in [3.8, 4) is 0 Å². The fourth-order valence-corrected chi connectivity index (χ4v) is 4.09. The number of anilines is 2. The fraction of sp³-hybridized carbons (Fsp3) is 0.348. The molecular weight excluding hydrogens is 400 g/mol. The molecule has 2 aromatic carbocycles. The fourth-order valence-electron chi connectivity index (χ4n) is 3.93. The maximum Gasteiger partial charge on any atom is 0.270 e. The third kappa shape index (κ3) is 4.19. The van der Waals surface area contributed by atoms with Gasteiger partial charge in [-0.1, -0.05) is 29.8 Å². The zero-order valence-corrected chi connectivity index (χ0v) is 18.0. The van der Waals surface area contributed by atoms with E-state index in [9.17, 15) is 9.59 Å². The van der Waals surface area contributed by atoms with E-state index in [-0.39, 0.29) is 11.8 Å². The number of carbonyl (C=O) groups excluding carboxylic acids is 2. The Kier molecular flexibility index (Phi) is 5.77. The standard InChI is InChI=1S/C23H25ClN4O2/c1-16-4-3-5-19(14-16)28-22(29)9-8-20(25-28)23(30)27-12-10-26(11-13-27)21-15-18(24)7-6-17(21)2/h3-7,14-15H,8-13H2,1-2H3. The molecule has 0 bridgehead atoms. The normalized spacial score (nSPS) is 17.2. The van der Waals surface area contributed by atoms with Crippen LogP contribution in [0.25, 0.3) is 0 Å². The van der Waals surface area contributed by atoms with Gasteiger partial charge in [0.2, 0.25) is 5.91 Å². The number of halogens is 1. The van der Waals surface area contributed by atoms with E-state index in [1.807, 2.05) is 54.3 Å². The number of carbonyl (C=O) groups is 2. The first-order valence-electron chi connectivity index (χ1n) is 10.2. The molecule has 2 aliphatic heterocycles. The van der Waals surface area contributed by atoms with Gasteiger partial charge in [-0.3, -0.25) is 9.59 Å². The van der Waals surface area contributed by atoms with Gasteiger partial charge in [0.25, 0.3) is 5.91 Å². The summed E-state index contributed by atoms with van der Waals surface area (Å²) in [7, 11) is 0. The Morgan fingerprint density at radius 2 is 1.77 bits per heavy atom. The van der Waals surface area contributed by atoms with E-state index in [1.165, 1.54) is 10.6 Å². The van der Waals surface area contributed by atoms with Crippen molar-refractivity contribution in [2.45, 2.75) is 26.7 Å². The highest BCUT2D eigenvalue weighted by Crippen LogP contribution is 2.26. The smallest absolute Gasteiger partial charge is 0.270 e. The molecule has 0 unspecified atom stereocenters. The Morgan fingerprint density at radius 1 is 1.00 bits per heavy atom. The Labute approximate surface area is 181 Å². The van der Waals surface area contributed by atoms with Crippen LogP contribution in [0, 0.1) is 13.8 Å². The van der Waals surface area contributed by atoms with Gasteiger partial charge in [-0.2, -0.15) is 5.10 Å². The average molecular weight is 425 g/mol. The van der Waals surface area contributed by atoms with Crippen molar-refractivity contribution in [3.05, 3.63) is 58.6 Å². The molecule has 0 atom stereocenters. The van der Waals surface area contributed by atoms with Crippen molar-refractivity contribution in [1.82, 2.24) is 4.90 Å². The second kappa shape index (κ2) is 8.48. The lowest BCUT2D eigenvalue weighted by molar-refractivity contribution is -0.124. The van der Waals surface area contributed by atoms with E-state index in [1.54, 1.807) is 0 Å². The molecule has 7 heteroatoms. The number of aryl methyl sites for hydroxylation is 2. The van der Waals surface area contributed by atoms with E-state index in [4.69, 9.17) is 11.6 Å². The van der Waals surface area contributed by atoms with Gasteiger partial charge < -0.3 is 9.80 Å². The monoisotopic (exact) mass is 424 g/mol. The first-order valence-corrected chi connectivity index (χ1v) is 10.6. The SMILES string of the molecule is Cc1cccc(N2N=C(C(=O)N3CCN(c4cc(Cl)ccc4C)CC3)CCC2=O)c1. The molecule has 1 fully saturated rings. The highest BCUT2D eigenvalue weighted by Gasteiger charge is 2.30. The number of amides is 2. The molecule has 0 aromatic heterocycles. The summed E-state index contributed by atoms with van der Waals surface area (Å²) < 4.78 is 0. The number of hydrogen-bond acceptors (Lipinski definition) is 4. The van der Waals surface area contributed by atoms with Crippen LogP contribution in [0.15, 0.2) is 47.6 Å². The third-order valence-corrected chi connectivity index (χ3v) is 5.84. The Hall–Kier alpha value is -2.86. The van der Waals surface area contributed by atoms with Gasteiger partial charge in [-0.05, 0) is 49.2 Å². The van der Waals surface area contributed by atoms with Crippen LogP contribution in [0.4, 0.5) is 11.4 Å². The molecule has 2 heterocycles. The molecule has 2 aromatic rings. The Morgan fingerprint density at radius 3 is 2.50 bits per heavy atom. The van der Waals surface area contributed by atoms with E-state index >= 15 is 0 Å². The van der Waals surface area contributed by atoms with Crippen LogP contribution < -0.4 is 9.91 Å². The van der Waals surface area contributed by atoms with Crippen molar-refractivity contribution >= 4 is 40.5 Å². The van der Waals surface area contributed by atoms with Crippen LogP contribution in [-0.4, -0.2) is 48.6 Å². The second-order valence-corrected chi connectivity index (χ2v) is 8.24. The summed E-state index contributed by atoms with van der Waals surface area (Å²) in [5, 5.41) is 6.52. The topological polar surface area (TPSA) is 56.2 Å². The molecular formula is C23H25ClN4O2. The van der Waals surface area contributed by atoms with Gasteiger partial charge in [-0.15, -0.1) is 0 Å². The maximum absolute atomic E-state index is 13.1. The highest BCUT2D eigenvalue weighted by molar-refractivity contribution is 6.40. The molecule has 2 aliphatic rings. The largest absolute Gasteiger partial charge is 0.368 e. The van der Waals surface area contributed by atoms with Crippen LogP contribution in [0.2, 0.25) is 5.02 Å². The third-order valence-electron chi connectivity index (χ3n) is 5.60. The quantitative estimate of drug-likeness (QED) is 0.753. The lowest BCUT2D eigenvalue weighted by Crippen LogP contribution is -2.51. The van der Waals surface area contributed by atoms with E-state index < -0.39 is 0 Å². The van der Waals surface area contributed by atoms with Gasteiger partial charge in [-0.25, -0.2) is 5.01 Å². The second-order valence-electron chi connectivity index (χ2n) is 7.80. The van der Waals surface area contributed by atoms with Gasteiger partial charge in [0.1, 0.15) is 5.71 Å². The Balaban J connectivity index is 1.46. The number of hydrazone groups is 1. The van der Waals surface area contributed by atoms with Crippen molar-refractivity contribution in [2.75, 3.05) is 36.1 Å². The molecule has 6 nitrogen and oxygen atoms in total. The Bertz CT molecular complexity index is 1010. The molecule has 0 radical (unpaired) electrons. The number of benzene rings is 2. The predicted octanol–water partition coefficient (Wildman–Crippen LogP) is 3.79. The molecule has 4 rings (SSSR count). The number of hydrogen-bond donors (Lipinski definition) is 0. The van der Waals surface area contributed by atoms with E-state index in [2.05, 4.69) is 16.9 Å². The minimum Gasteiger partial charge on any atom is -0.368 e. The van der Waals surface area contributed by atoms with Gasteiger partial charge in [0.05, 0.1) is 5.69 Å². The molecule has 1 saturated heterocycles. The summed E-state index contributed by atoms with van der Waals surface area (Å²) in [4.78, 5) is 29.6. The summed E-state index contributed by atoms with van der Waals surface area (Å²) in [6.07, 6.45) is 0.674. The maximum atomic E-state index is 13.1. The molecule has 0 N–H and O–H groups in total. The molecule has 0 spiro atoms. The van der Waals surface area contributed by atoms with Crippen LogP contribution >= 0.6 is 11.6 Å². The summed E-state index contributed by atoms with van der Waals surface area (Å²) in [6.45, 7) is 6.73. The zero-order chi connectivity index (χ0) is 21.3. The lowest BCUT2D eigenvalue weighted by Gasteiger charge is -2.37. The predicted molar refractivity (Wildman–Crippen MR) is 120 cm³/mol. The van der Waals surface area contributed by atoms with Gasteiger partial charge in [0, 0.05) is 49.7 Å². The lowest BCUT2D eigenvalue weighted by atomic mass is 10.1. The molecule has 0 aliphatic carbocycles. The summed E-state index contributed by atoms with van der Waals surface area (Å²) in [5.41, 5.74) is 4.47. The minimum absolute atomic E-state index is 0.0809. The first-order chi connectivity index (χ1) is 14.4. The molecule has 156 valence electrons. The van der Waals surface area contributed by atoms with Crippen molar-refractivity contribution < 1.29 is 9.59 Å². The van der Waals surface area contributed by atoms with E-state index in [0.29, 0.717) is 42.4 Å². The average Bonchev–Trinajstić information content (AvgIpc) is 2.75. The summed E-state index contributed by atoms with van der Waals surface area (Å²) in [5.74, 6) is -0.166. The summed E-state index contributed by atoms with van der Waals surface area (Å²) in [6, 6.07) is 13.5. The van der Waals surface area contributed by atoms with Gasteiger partial charge in [0.15, 0.2) is 0 Å². The first kappa shape index (κ1) is 20.4. The van der Waals surface area contributed by atoms with Crippen molar-refractivity contribution in [1.29, 1.82) is 0 Å². The number of rotatable bonds is 3. The molecule has 30 heavy (non-hydrogen) atoms. The van der Waals surface area contributed by atoms with Crippen molar-refractivity contribution in [3.63, 3.8) is 0 Å². The van der Waals surface area contributed by atoms with Crippen molar-refractivity contribution in [2.24, 2.45) is 5.10 Å². The molecule has 0 saturated carbocycles.